The van der Waals surface area contributed by atoms with Crippen LogP contribution in [0.3, 0.4) is 0 Å². The van der Waals surface area contributed by atoms with Gasteiger partial charge in [-0.05, 0) is 22.9 Å². The number of aromatic nitrogens is 2. The van der Waals surface area contributed by atoms with Crippen molar-refractivity contribution in [2.45, 2.75) is 6.92 Å². The molecule has 0 unspecified atom stereocenters. The zero-order chi connectivity index (χ0) is 9.35. The SMILES string of the molecule is Cc1ncc(Br)c([N+](C)(C)C)n1. The lowest BCUT2D eigenvalue weighted by atomic mass is 10.4. The molecule has 0 aromatic carbocycles. The summed E-state index contributed by atoms with van der Waals surface area (Å²) in [7, 11) is 6.23. The van der Waals surface area contributed by atoms with E-state index in [-0.39, 0.29) is 0 Å². The van der Waals surface area contributed by atoms with Gasteiger partial charge in [0, 0.05) is 0 Å². The molecule has 0 bridgehead atoms. The molecular formula is C8H13BrN3+. The van der Waals surface area contributed by atoms with E-state index in [4.69, 9.17) is 0 Å². The van der Waals surface area contributed by atoms with Crippen LogP contribution in [0, 0.1) is 6.92 Å². The standard InChI is InChI=1S/C8H13BrN3/c1-6-10-5-7(9)8(11-6)12(2,3)4/h5H,1-4H3/q+1. The van der Waals surface area contributed by atoms with E-state index >= 15 is 0 Å². The zero-order valence-corrected chi connectivity index (χ0v) is 9.38. The van der Waals surface area contributed by atoms with Gasteiger partial charge >= 0.3 is 0 Å². The molecule has 0 aliphatic carbocycles. The number of aryl methyl sites for hydroxylation is 1. The molecule has 66 valence electrons. The Morgan fingerprint density at radius 3 is 2.33 bits per heavy atom. The zero-order valence-electron chi connectivity index (χ0n) is 7.80. The van der Waals surface area contributed by atoms with Crippen molar-refractivity contribution in [2.24, 2.45) is 0 Å². The Hall–Kier alpha value is -0.480. The van der Waals surface area contributed by atoms with E-state index in [1.165, 1.54) is 0 Å². The van der Waals surface area contributed by atoms with Crippen LogP contribution < -0.4 is 4.48 Å². The maximum absolute atomic E-state index is 4.36. The Morgan fingerprint density at radius 2 is 1.92 bits per heavy atom. The van der Waals surface area contributed by atoms with Crippen molar-refractivity contribution in [1.29, 1.82) is 0 Å². The minimum Gasteiger partial charge on any atom is -0.281 e. The molecule has 4 heteroatoms. The first-order valence-corrected chi connectivity index (χ1v) is 4.51. The first kappa shape index (κ1) is 9.61. The van der Waals surface area contributed by atoms with Crippen molar-refractivity contribution >= 4 is 21.7 Å². The highest BCUT2D eigenvalue weighted by molar-refractivity contribution is 9.10. The molecule has 1 aromatic heterocycles. The minimum atomic E-state index is 0.698. The fourth-order valence-corrected chi connectivity index (χ4v) is 1.64. The summed E-state index contributed by atoms with van der Waals surface area (Å²) in [5.41, 5.74) is 0. The Morgan fingerprint density at radius 1 is 1.33 bits per heavy atom. The average Bonchev–Trinajstić information content (AvgIpc) is 1.92. The Balaban J connectivity index is 3.23. The Bertz CT molecular complexity index is 291. The summed E-state index contributed by atoms with van der Waals surface area (Å²) in [5.74, 6) is 1.81. The van der Waals surface area contributed by atoms with Crippen molar-refractivity contribution in [1.82, 2.24) is 14.5 Å². The van der Waals surface area contributed by atoms with Crippen LogP contribution in [0.1, 0.15) is 5.82 Å². The van der Waals surface area contributed by atoms with Gasteiger partial charge in [0.05, 0.1) is 27.3 Å². The summed E-state index contributed by atoms with van der Waals surface area (Å²) in [4.78, 5) is 8.44. The van der Waals surface area contributed by atoms with Crippen LogP contribution in [0.15, 0.2) is 10.7 Å². The maximum atomic E-state index is 4.36. The monoisotopic (exact) mass is 230 g/mol. The second-order valence-corrected chi connectivity index (χ2v) is 4.46. The quantitative estimate of drug-likeness (QED) is 0.688. The number of quaternary nitrogens is 1. The van der Waals surface area contributed by atoms with Crippen LogP contribution in [-0.2, 0) is 0 Å². The van der Waals surface area contributed by atoms with Gasteiger partial charge in [0.25, 0.3) is 0 Å². The fraction of sp³-hybridized carbons (Fsp3) is 0.500. The summed E-state index contributed by atoms with van der Waals surface area (Å²) >= 11 is 3.43. The summed E-state index contributed by atoms with van der Waals surface area (Å²) in [5, 5.41) is 0. The topological polar surface area (TPSA) is 25.8 Å². The van der Waals surface area contributed by atoms with Crippen LogP contribution in [0.2, 0.25) is 0 Å². The van der Waals surface area contributed by atoms with Gasteiger partial charge < -0.3 is 0 Å². The molecule has 12 heavy (non-hydrogen) atoms. The Kier molecular flexibility index (Phi) is 2.49. The fourth-order valence-electron chi connectivity index (χ4n) is 0.914. The molecule has 0 radical (unpaired) electrons. The molecule has 1 rings (SSSR count). The van der Waals surface area contributed by atoms with E-state index in [0.717, 1.165) is 16.1 Å². The first-order valence-electron chi connectivity index (χ1n) is 3.72. The van der Waals surface area contributed by atoms with E-state index in [9.17, 15) is 0 Å². The molecule has 3 nitrogen and oxygen atoms in total. The van der Waals surface area contributed by atoms with Crippen LogP contribution in [0.4, 0.5) is 5.82 Å². The van der Waals surface area contributed by atoms with Gasteiger partial charge in [0.1, 0.15) is 10.3 Å². The molecule has 0 saturated carbocycles. The number of hydrogen-bond donors (Lipinski definition) is 0. The minimum absolute atomic E-state index is 0.698. The first-order chi connectivity index (χ1) is 5.41. The van der Waals surface area contributed by atoms with Gasteiger partial charge in [0.2, 0.25) is 5.82 Å². The second kappa shape index (κ2) is 3.11. The number of halogens is 1. The van der Waals surface area contributed by atoms with Crippen molar-refractivity contribution in [2.75, 3.05) is 21.1 Å². The van der Waals surface area contributed by atoms with Gasteiger partial charge in [-0.1, -0.05) is 0 Å². The summed E-state index contributed by atoms with van der Waals surface area (Å²) in [6.45, 7) is 1.89. The molecule has 0 saturated heterocycles. The molecule has 0 N–H and O–H groups in total. The van der Waals surface area contributed by atoms with Gasteiger partial charge in [-0.3, -0.25) is 4.48 Å². The average molecular weight is 231 g/mol. The Labute approximate surface area is 81.2 Å². The van der Waals surface area contributed by atoms with Crippen molar-refractivity contribution in [3.8, 4) is 0 Å². The predicted molar refractivity (Wildman–Crippen MR) is 54.0 cm³/mol. The van der Waals surface area contributed by atoms with Crippen molar-refractivity contribution in [3.63, 3.8) is 0 Å². The molecule has 1 aromatic rings. The van der Waals surface area contributed by atoms with Crippen LogP contribution in [-0.4, -0.2) is 31.1 Å². The molecule has 0 spiro atoms. The third-order valence-electron chi connectivity index (χ3n) is 1.48. The highest BCUT2D eigenvalue weighted by Crippen LogP contribution is 2.24. The summed E-state index contributed by atoms with van der Waals surface area (Å²) in [6, 6.07) is 0. The molecule has 0 aliphatic rings. The number of nitrogens with zero attached hydrogens (tertiary/aromatic N) is 3. The third kappa shape index (κ3) is 2.01. The van der Waals surface area contributed by atoms with E-state index < -0.39 is 0 Å². The lowest BCUT2D eigenvalue weighted by Gasteiger charge is -2.22. The molecule has 0 aliphatic heterocycles. The molecule has 0 fully saturated rings. The third-order valence-corrected chi connectivity index (χ3v) is 2.04. The normalized spacial score (nSPS) is 11.8. The molecule has 1 heterocycles. The molecule has 0 amide bonds. The van der Waals surface area contributed by atoms with E-state index in [1.807, 2.05) is 6.92 Å². The number of hydrogen-bond acceptors (Lipinski definition) is 2. The summed E-state index contributed by atoms with van der Waals surface area (Å²) in [6.07, 6.45) is 1.79. The van der Waals surface area contributed by atoms with Crippen LogP contribution in [0.25, 0.3) is 0 Å². The maximum Gasteiger partial charge on any atom is 0.244 e. The van der Waals surface area contributed by atoms with Crippen LogP contribution >= 0.6 is 15.9 Å². The van der Waals surface area contributed by atoms with E-state index in [1.54, 1.807) is 6.20 Å². The van der Waals surface area contributed by atoms with Crippen molar-refractivity contribution in [3.05, 3.63) is 16.5 Å². The van der Waals surface area contributed by atoms with E-state index in [0.29, 0.717) is 4.48 Å². The smallest absolute Gasteiger partial charge is 0.244 e. The van der Waals surface area contributed by atoms with Gasteiger partial charge in [0.15, 0.2) is 0 Å². The largest absolute Gasteiger partial charge is 0.281 e. The lowest BCUT2D eigenvalue weighted by Crippen LogP contribution is -2.36. The molecular weight excluding hydrogens is 218 g/mol. The van der Waals surface area contributed by atoms with E-state index in [2.05, 4.69) is 47.0 Å². The number of rotatable bonds is 1. The van der Waals surface area contributed by atoms with Gasteiger partial charge in [-0.2, -0.15) is 4.98 Å². The highest BCUT2D eigenvalue weighted by Gasteiger charge is 2.18. The van der Waals surface area contributed by atoms with Crippen LogP contribution in [0.5, 0.6) is 0 Å². The second-order valence-electron chi connectivity index (χ2n) is 3.60. The predicted octanol–water partition coefficient (Wildman–Crippen LogP) is 1.74. The lowest BCUT2D eigenvalue weighted by molar-refractivity contribution is 0.468. The highest BCUT2D eigenvalue weighted by atomic mass is 79.9. The van der Waals surface area contributed by atoms with Gasteiger partial charge in [-0.25, -0.2) is 4.98 Å². The molecule has 0 atom stereocenters. The van der Waals surface area contributed by atoms with Crippen molar-refractivity contribution < 1.29 is 0 Å². The van der Waals surface area contributed by atoms with Gasteiger partial charge in [-0.15, -0.1) is 0 Å². The summed E-state index contributed by atoms with van der Waals surface area (Å²) < 4.78 is 1.66.